The first-order valence-corrected chi connectivity index (χ1v) is 7.74. The first-order chi connectivity index (χ1) is 8.66. The van der Waals surface area contributed by atoms with E-state index in [9.17, 15) is 8.42 Å². The number of piperidine rings is 1. The van der Waals surface area contributed by atoms with E-state index in [2.05, 4.69) is 20.2 Å². The summed E-state index contributed by atoms with van der Waals surface area (Å²) in [5, 5.41) is 6.68. The van der Waals surface area contributed by atoms with E-state index in [1.54, 1.807) is 0 Å². The number of hydrogen-bond acceptors (Lipinski definition) is 6. The van der Waals surface area contributed by atoms with Crippen LogP contribution in [0.1, 0.15) is 18.7 Å². The van der Waals surface area contributed by atoms with Gasteiger partial charge in [-0.2, -0.15) is 4.98 Å². The number of hydrogen-bond donors (Lipinski definition) is 2. The van der Waals surface area contributed by atoms with Gasteiger partial charge in [0.15, 0.2) is 6.33 Å². The molecule has 7 nitrogen and oxygen atoms in total. The van der Waals surface area contributed by atoms with Crippen LogP contribution in [0.4, 0.5) is 0 Å². The molecule has 0 atom stereocenters. The molecule has 1 saturated heterocycles. The lowest BCUT2D eigenvalue weighted by Gasteiger charge is -2.22. The van der Waals surface area contributed by atoms with Gasteiger partial charge in [-0.3, -0.25) is 0 Å². The molecule has 0 aromatic carbocycles. The second-order valence-electron chi connectivity index (χ2n) is 4.45. The zero-order valence-electron chi connectivity index (χ0n) is 10.1. The lowest BCUT2D eigenvalue weighted by atomic mass is 10.0. The van der Waals surface area contributed by atoms with E-state index in [4.69, 9.17) is 4.52 Å². The molecule has 0 radical (unpaired) electrons. The van der Waals surface area contributed by atoms with Gasteiger partial charge in [-0.1, -0.05) is 5.16 Å². The molecule has 1 fully saturated rings. The zero-order chi connectivity index (χ0) is 12.8. The fourth-order valence-electron chi connectivity index (χ4n) is 2.04. The molecule has 0 bridgehead atoms. The zero-order valence-corrected chi connectivity index (χ0v) is 10.9. The second kappa shape index (κ2) is 6.26. The van der Waals surface area contributed by atoms with Crippen LogP contribution in [0.2, 0.25) is 0 Å². The second-order valence-corrected chi connectivity index (χ2v) is 6.31. The van der Waals surface area contributed by atoms with Crippen LogP contribution < -0.4 is 10.0 Å². The third kappa shape index (κ3) is 4.35. The minimum Gasteiger partial charge on any atom is -0.340 e. The van der Waals surface area contributed by atoms with Gasteiger partial charge >= 0.3 is 0 Å². The molecule has 0 aliphatic carbocycles. The summed E-state index contributed by atoms with van der Waals surface area (Å²) in [5.74, 6) is 0.908. The third-order valence-electron chi connectivity index (χ3n) is 2.98. The quantitative estimate of drug-likeness (QED) is 0.728. The first kappa shape index (κ1) is 13.4. The molecule has 0 unspecified atom stereocenters. The Hall–Kier alpha value is -0.990. The van der Waals surface area contributed by atoms with Crippen molar-refractivity contribution in [1.29, 1.82) is 0 Å². The Morgan fingerprint density at radius 1 is 1.44 bits per heavy atom. The minimum atomic E-state index is -3.20. The molecule has 2 heterocycles. The number of aromatic nitrogens is 2. The molecule has 1 aliphatic heterocycles. The van der Waals surface area contributed by atoms with Crippen LogP contribution in [0.15, 0.2) is 10.9 Å². The van der Waals surface area contributed by atoms with E-state index in [0.717, 1.165) is 25.9 Å². The number of nitrogens with one attached hydrogen (secondary N) is 2. The van der Waals surface area contributed by atoms with Crippen molar-refractivity contribution in [2.24, 2.45) is 5.92 Å². The van der Waals surface area contributed by atoms with Gasteiger partial charge in [-0.05, 0) is 31.8 Å². The van der Waals surface area contributed by atoms with Crippen molar-refractivity contribution < 1.29 is 12.9 Å². The smallest absolute Gasteiger partial charge is 0.227 e. The monoisotopic (exact) mass is 274 g/mol. The number of sulfonamides is 1. The van der Waals surface area contributed by atoms with Gasteiger partial charge in [-0.15, -0.1) is 0 Å². The van der Waals surface area contributed by atoms with Crippen molar-refractivity contribution in [2.75, 3.05) is 25.4 Å². The predicted octanol–water partition coefficient (Wildman–Crippen LogP) is -0.469. The Morgan fingerprint density at radius 3 is 2.89 bits per heavy atom. The van der Waals surface area contributed by atoms with Crippen molar-refractivity contribution in [3.8, 4) is 0 Å². The van der Waals surface area contributed by atoms with Crippen LogP contribution in [-0.4, -0.2) is 43.9 Å². The molecule has 2 N–H and O–H groups in total. The molecule has 1 aromatic heterocycles. The maximum absolute atomic E-state index is 11.8. The van der Waals surface area contributed by atoms with Crippen molar-refractivity contribution >= 4 is 10.0 Å². The highest BCUT2D eigenvalue weighted by Gasteiger charge is 2.20. The lowest BCUT2D eigenvalue weighted by molar-refractivity contribution is 0.377. The minimum absolute atomic E-state index is 0.207. The standard InChI is InChI=1S/C10H18N4O3S/c15-18(16,7-9-1-4-11-5-2-9)14-6-3-10-12-8-13-17-10/h8-9,11,14H,1-7H2. The third-order valence-corrected chi connectivity index (χ3v) is 4.54. The molecule has 8 heteroatoms. The molecule has 2 rings (SSSR count). The Morgan fingerprint density at radius 2 is 2.22 bits per heavy atom. The van der Waals surface area contributed by atoms with Crippen LogP contribution in [-0.2, 0) is 16.4 Å². The van der Waals surface area contributed by atoms with Crippen LogP contribution in [0.3, 0.4) is 0 Å². The Labute approximate surface area is 106 Å². The summed E-state index contributed by atoms with van der Waals surface area (Å²) in [6.07, 6.45) is 3.57. The summed E-state index contributed by atoms with van der Waals surface area (Å²) in [4.78, 5) is 3.83. The normalized spacial score (nSPS) is 18.0. The fourth-order valence-corrected chi connectivity index (χ4v) is 3.52. The van der Waals surface area contributed by atoms with Crippen LogP contribution in [0.25, 0.3) is 0 Å². The molecule has 1 aromatic rings. The summed E-state index contributed by atoms with van der Waals surface area (Å²) < 4.78 is 31.0. The SMILES string of the molecule is O=S(=O)(CC1CCNCC1)NCCc1ncno1. The lowest BCUT2D eigenvalue weighted by Crippen LogP contribution is -2.36. The average molecular weight is 274 g/mol. The van der Waals surface area contributed by atoms with E-state index in [1.807, 2.05) is 0 Å². The molecular formula is C10H18N4O3S. The number of nitrogens with zero attached hydrogens (tertiary/aromatic N) is 2. The maximum Gasteiger partial charge on any atom is 0.227 e. The van der Waals surface area contributed by atoms with Crippen LogP contribution in [0.5, 0.6) is 0 Å². The van der Waals surface area contributed by atoms with Gasteiger partial charge in [0, 0.05) is 13.0 Å². The maximum atomic E-state index is 11.8. The molecule has 1 aliphatic rings. The highest BCUT2D eigenvalue weighted by molar-refractivity contribution is 7.89. The van der Waals surface area contributed by atoms with Gasteiger partial charge in [0.05, 0.1) is 5.75 Å². The summed E-state index contributed by atoms with van der Waals surface area (Å²) in [7, 11) is -3.20. The molecule has 102 valence electrons. The van der Waals surface area contributed by atoms with Gasteiger partial charge < -0.3 is 9.84 Å². The van der Waals surface area contributed by atoms with E-state index in [1.165, 1.54) is 6.33 Å². The largest absolute Gasteiger partial charge is 0.340 e. The van der Waals surface area contributed by atoms with Crippen molar-refractivity contribution in [1.82, 2.24) is 20.2 Å². The first-order valence-electron chi connectivity index (χ1n) is 6.09. The summed E-state index contributed by atoms with van der Waals surface area (Å²) in [6, 6.07) is 0. The van der Waals surface area contributed by atoms with Crippen molar-refractivity contribution in [2.45, 2.75) is 19.3 Å². The topological polar surface area (TPSA) is 97.1 Å². The summed E-state index contributed by atoms with van der Waals surface area (Å²) in [5.41, 5.74) is 0. The van der Waals surface area contributed by atoms with Gasteiger partial charge in [0.2, 0.25) is 15.9 Å². The fraction of sp³-hybridized carbons (Fsp3) is 0.800. The van der Waals surface area contributed by atoms with Crippen LogP contribution in [0, 0.1) is 5.92 Å². The Balaban J connectivity index is 1.73. The predicted molar refractivity (Wildman–Crippen MR) is 65.4 cm³/mol. The average Bonchev–Trinajstić information content (AvgIpc) is 2.82. The Bertz CT molecular complexity index is 440. The van der Waals surface area contributed by atoms with Crippen molar-refractivity contribution in [3.05, 3.63) is 12.2 Å². The van der Waals surface area contributed by atoms with Gasteiger partial charge in [0.25, 0.3) is 0 Å². The van der Waals surface area contributed by atoms with E-state index in [0.29, 0.717) is 18.9 Å². The molecule has 0 saturated carbocycles. The van der Waals surface area contributed by atoms with Crippen molar-refractivity contribution in [3.63, 3.8) is 0 Å². The summed E-state index contributed by atoms with van der Waals surface area (Å²) >= 11 is 0. The van der Waals surface area contributed by atoms with E-state index in [-0.39, 0.29) is 11.7 Å². The molecule has 0 amide bonds. The number of rotatable bonds is 6. The highest BCUT2D eigenvalue weighted by Crippen LogP contribution is 2.13. The van der Waals surface area contributed by atoms with E-state index >= 15 is 0 Å². The van der Waals surface area contributed by atoms with Crippen LogP contribution >= 0.6 is 0 Å². The van der Waals surface area contributed by atoms with Gasteiger partial charge in [-0.25, -0.2) is 13.1 Å². The highest BCUT2D eigenvalue weighted by atomic mass is 32.2. The summed E-state index contributed by atoms with van der Waals surface area (Å²) in [6.45, 7) is 2.11. The van der Waals surface area contributed by atoms with Gasteiger partial charge in [0.1, 0.15) is 0 Å². The molecular weight excluding hydrogens is 256 g/mol. The molecule has 0 spiro atoms. The molecule has 18 heavy (non-hydrogen) atoms. The Kier molecular flexibility index (Phi) is 4.67. The van der Waals surface area contributed by atoms with E-state index < -0.39 is 10.0 Å².